The van der Waals surface area contributed by atoms with Crippen molar-refractivity contribution in [1.82, 2.24) is 4.98 Å². The van der Waals surface area contributed by atoms with Gasteiger partial charge >= 0.3 is 0 Å². The van der Waals surface area contributed by atoms with Crippen LogP contribution in [-0.2, 0) is 0 Å². The van der Waals surface area contributed by atoms with Crippen LogP contribution >= 0.6 is 11.3 Å². The Balaban J connectivity index is 1.84. The summed E-state index contributed by atoms with van der Waals surface area (Å²) in [5.41, 5.74) is 2.47. The van der Waals surface area contributed by atoms with E-state index < -0.39 is 0 Å². The molecule has 3 aromatic rings. The maximum atomic E-state index is 13.0. The van der Waals surface area contributed by atoms with Crippen LogP contribution in [0.5, 0.6) is 17.2 Å². The lowest BCUT2D eigenvalue weighted by Crippen LogP contribution is -1.90. The number of hydrogen-bond donors (Lipinski definition) is 1. The van der Waals surface area contributed by atoms with Crippen molar-refractivity contribution in [3.63, 3.8) is 0 Å². The number of thiazole rings is 1. The average Bonchev–Trinajstić information content (AvgIpc) is 3.10. The minimum absolute atomic E-state index is 0.0324. The molecular formula is C19H16FNO3S. The first-order chi connectivity index (χ1) is 12.1. The van der Waals surface area contributed by atoms with Gasteiger partial charge in [-0.25, -0.2) is 9.37 Å². The van der Waals surface area contributed by atoms with Gasteiger partial charge in [-0.15, -0.1) is 11.3 Å². The zero-order chi connectivity index (χ0) is 17.8. The molecule has 1 aromatic heterocycles. The van der Waals surface area contributed by atoms with Crippen LogP contribution in [0.25, 0.3) is 23.4 Å². The summed E-state index contributed by atoms with van der Waals surface area (Å²) in [7, 11) is 2.97. The highest BCUT2D eigenvalue weighted by Gasteiger charge is 2.10. The van der Waals surface area contributed by atoms with Gasteiger partial charge in [-0.2, -0.15) is 0 Å². The largest absolute Gasteiger partial charge is 0.502 e. The van der Waals surface area contributed by atoms with Crippen LogP contribution in [0, 0.1) is 5.82 Å². The quantitative estimate of drug-likeness (QED) is 0.710. The topological polar surface area (TPSA) is 51.6 Å². The molecule has 3 rings (SSSR count). The Morgan fingerprint density at radius 2 is 1.68 bits per heavy atom. The van der Waals surface area contributed by atoms with Crippen molar-refractivity contribution >= 4 is 23.5 Å². The molecule has 0 spiro atoms. The number of nitrogens with zero attached hydrogens (tertiary/aromatic N) is 1. The maximum absolute atomic E-state index is 13.0. The summed E-state index contributed by atoms with van der Waals surface area (Å²) in [5, 5.41) is 12.7. The van der Waals surface area contributed by atoms with E-state index in [0.29, 0.717) is 11.5 Å². The van der Waals surface area contributed by atoms with Gasteiger partial charge in [-0.05, 0) is 48.0 Å². The number of rotatable bonds is 5. The summed E-state index contributed by atoms with van der Waals surface area (Å²) >= 11 is 1.49. The van der Waals surface area contributed by atoms with E-state index in [1.807, 2.05) is 17.5 Å². The van der Waals surface area contributed by atoms with Gasteiger partial charge in [-0.3, -0.25) is 0 Å². The zero-order valence-corrected chi connectivity index (χ0v) is 14.5. The van der Waals surface area contributed by atoms with Crippen molar-refractivity contribution in [2.45, 2.75) is 0 Å². The monoisotopic (exact) mass is 357 g/mol. The normalized spacial score (nSPS) is 11.0. The third-order valence-corrected chi connectivity index (χ3v) is 4.39. The lowest BCUT2D eigenvalue weighted by atomic mass is 10.1. The molecule has 0 fully saturated rings. The SMILES string of the molecule is COc1cc(/C=C/c2nc(-c3ccc(F)cc3)cs2)cc(OC)c1O. The highest BCUT2D eigenvalue weighted by molar-refractivity contribution is 7.10. The Kier molecular flexibility index (Phi) is 5.00. The van der Waals surface area contributed by atoms with E-state index in [2.05, 4.69) is 4.98 Å². The average molecular weight is 357 g/mol. The van der Waals surface area contributed by atoms with E-state index in [1.54, 1.807) is 24.3 Å². The third kappa shape index (κ3) is 3.80. The minimum Gasteiger partial charge on any atom is -0.502 e. The smallest absolute Gasteiger partial charge is 0.200 e. The van der Waals surface area contributed by atoms with Crippen molar-refractivity contribution in [3.8, 4) is 28.5 Å². The Labute approximate surface area is 148 Å². The van der Waals surface area contributed by atoms with Gasteiger partial charge < -0.3 is 14.6 Å². The molecule has 25 heavy (non-hydrogen) atoms. The summed E-state index contributed by atoms with van der Waals surface area (Å²) in [6.07, 6.45) is 3.72. The van der Waals surface area contributed by atoms with Crippen LogP contribution in [0.15, 0.2) is 41.8 Å². The summed E-state index contributed by atoms with van der Waals surface area (Å²) in [5.74, 6) is 0.375. The second-order valence-electron chi connectivity index (χ2n) is 5.19. The van der Waals surface area contributed by atoms with Crippen LogP contribution in [-0.4, -0.2) is 24.3 Å². The number of hydrogen-bond acceptors (Lipinski definition) is 5. The van der Waals surface area contributed by atoms with Crippen LogP contribution in [0.1, 0.15) is 10.6 Å². The predicted molar refractivity (Wildman–Crippen MR) is 97.6 cm³/mol. The molecule has 0 aliphatic rings. The van der Waals surface area contributed by atoms with E-state index in [9.17, 15) is 9.50 Å². The van der Waals surface area contributed by atoms with E-state index in [0.717, 1.165) is 21.8 Å². The number of benzene rings is 2. The lowest BCUT2D eigenvalue weighted by molar-refractivity contribution is 0.340. The maximum Gasteiger partial charge on any atom is 0.200 e. The fourth-order valence-electron chi connectivity index (χ4n) is 2.29. The van der Waals surface area contributed by atoms with Crippen molar-refractivity contribution in [1.29, 1.82) is 0 Å². The molecule has 1 heterocycles. The number of aromatic hydroxyl groups is 1. The van der Waals surface area contributed by atoms with Gasteiger partial charge in [0.2, 0.25) is 5.75 Å². The van der Waals surface area contributed by atoms with E-state index in [1.165, 1.54) is 37.7 Å². The second-order valence-corrected chi connectivity index (χ2v) is 6.07. The van der Waals surface area contributed by atoms with Gasteiger partial charge in [-0.1, -0.05) is 6.08 Å². The Bertz CT molecular complexity index is 878. The third-order valence-electron chi connectivity index (χ3n) is 3.58. The number of halogens is 1. The summed E-state index contributed by atoms with van der Waals surface area (Å²) in [6.45, 7) is 0. The van der Waals surface area contributed by atoms with Crippen molar-refractivity contribution in [2.24, 2.45) is 0 Å². The van der Waals surface area contributed by atoms with Gasteiger partial charge in [0, 0.05) is 10.9 Å². The lowest BCUT2D eigenvalue weighted by Gasteiger charge is -2.09. The first-order valence-corrected chi connectivity index (χ1v) is 8.33. The molecule has 0 bridgehead atoms. The molecular weight excluding hydrogens is 341 g/mol. The molecule has 2 aromatic carbocycles. The molecule has 6 heteroatoms. The predicted octanol–water partition coefficient (Wildman–Crippen LogP) is 4.84. The van der Waals surface area contributed by atoms with Crippen LogP contribution < -0.4 is 9.47 Å². The van der Waals surface area contributed by atoms with Gasteiger partial charge in [0.1, 0.15) is 10.8 Å². The van der Waals surface area contributed by atoms with E-state index in [4.69, 9.17) is 9.47 Å². The molecule has 1 N–H and O–H groups in total. The van der Waals surface area contributed by atoms with E-state index in [-0.39, 0.29) is 11.6 Å². The van der Waals surface area contributed by atoms with Gasteiger partial charge in [0.15, 0.2) is 11.5 Å². The second kappa shape index (κ2) is 7.36. The first-order valence-electron chi connectivity index (χ1n) is 7.45. The van der Waals surface area contributed by atoms with E-state index >= 15 is 0 Å². The highest BCUT2D eigenvalue weighted by Crippen LogP contribution is 2.37. The fourth-order valence-corrected chi connectivity index (χ4v) is 3.01. The Morgan fingerprint density at radius 3 is 2.28 bits per heavy atom. The Hall–Kier alpha value is -2.86. The van der Waals surface area contributed by atoms with Gasteiger partial charge in [0.05, 0.1) is 19.9 Å². The molecule has 0 atom stereocenters. The van der Waals surface area contributed by atoms with Crippen LogP contribution in [0.3, 0.4) is 0 Å². The summed E-state index contributed by atoms with van der Waals surface area (Å²) in [4.78, 5) is 4.53. The molecule has 0 aliphatic carbocycles. The molecule has 0 aliphatic heterocycles. The number of aromatic nitrogens is 1. The molecule has 0 saturated heterocycles. The zero-order valence-electron chi connectivity index (χ0n) is 13.7. The first kappa shape index (κ1) is 17.0. The number of ether oxygens (including phenoxy) is 2. The molecule has 0 unspecified atom stereocenters. The Morgan fingerprint density at radius 1 is 1.04 bits per heavy atom. The van der Waals surface area contributed by atoms with Crippen molar-refractivity contribution in [2.75, 3.05) is 14.2 Å². The molecule has 4 nitrogen and oxygen atoms in total. The number of phenolic OH excluding ortho intramolecular Hbond substituents is 1. The summed E-state index contributed by atoms with van der Waals surface area (Å²) in [6, 6.07) is 9.66. The molecule has 0 saturated carbocycles. The minimum atomic E-state index is -0.269. The fraction of sp³-hybridized carbons (Fsp3) is 0.105. The molecule has 0 radical (unpaired) electrons. The number of methoxy groups -OCH3 is 2. The summed E-state index contributed by atoms with van der Waals surface area (Å²) < 4.78 is 23.3. The molecule has 0 amide bonds. The molecule has 128 valence electrons. The number of phenols is 1. The van der Waals surface area contributed by atoms with Gasteiger partial charge in [0.25, 0.3) is 0 Å². The van der Waals surface area contributed by atoms with Crippen molar-refractivity contribution in [3.05, 3.63) is 58.2 Å². The standard InChI is InChI=1S/C19H16FNO3S/c1-23-16-9-12(10-17(24-2)19(16)22)3-8-18-21-15(11-25-18)13-4-6-14(20)7-5-13/h3-11,22H,1-2H3/b8-3+. The highest BCUT2D eigenvalue weighted by atomic mass is 32.1. The van der Waals surface area contributed by atoms with Crippen molar-refractivity contribution < 1.29 is 19.0 Å². The van der Waals surface area contributed by atoms with Crippen LogP contribution in [0.4, 0.5) is 4.39 Å². The van der Waals surface area contributed by atoms with Crippen LogP contribution in [0.2, 0.25) is 0 Å².